The summed E-state index contributed by atoms with van der Waals surface area (Å²) in [5.74, 6) is 0.503. The molecule has 1 saturated heterocycles. The molecule has 94 valence electrons. The molecule has 1 aliphatic rings. The third-order valence-corrected chi connectivity index (χ3v) is 2.94. The Morgan fingerprint density at radius 2 is 2.18 bits per heavy atom. The van der Waals surface area contributed by atoms with Gasteiger partial charge in [0.25, 0.3) is 0 Å². The molecule has 0 aromatic heterocycles. The van der Waals surface area contributed by atoms with Gasteiger partial charge in [0.2, 0.25) is 0 Å². The lowest BCUT2D eigenvalue weighted by Crippen LogP contribution is -2.50. The fraction of sp³-hybridized carbons (Fsp3) is 0.538. The summed E-state index contributed by atoms with van der Waals surface area (Å²) < 4.78 is 18.2. The number of ether oxygens (including phenoxy) is 1. The smallest absolute Gasteiger partial charge is 0.123 e. The van der Waals surface area contributed by atoms with Crippen LogP contribution in [-0.2, 0) is 0 Å². The summed E-state index contributed by atoms with van der Waals surface area (Å²) in [5, 5.41) is 3.40. The standard InChI is InChI=1S/C13H19FN2O/c1-11-10-16(7-6-15-11)8-9-17-13-4-2-12(14)3-5-13/h2-5,11,15H,6-10H2,1H3. The normalized spacial score (nSPS) is 21.4. The summed E-state index contributed by atoms with van der Waals surface area (Å²) in [6, 6.07) is 6.71. The van der Waals surface area contributed by atoms with E-state index in [9.17, 15) is 4.39 Å². The molecule has 0 spiro atoms. The van der Waals surface area contributed by atoms with Gasteiger partial charge in [0.05, 0.1) is 0 Å². The highest BCUT2D eigenvalue weighted by molar-refractivity contribution is 5.21. The van der Waals surface area contributed by atoms with E-state index in [2.05, 4.69) is 17.1 Å². The number of nitrogens with zero attached hydrogens (tertiary/aromatic N) is 1. The Hall–Kier alpha value is -1.13. The number of halogens is 1. The first-order valence-electron chi connectivity index (χ1n) is 6.08. The first-order valence-corrected chi connectivity index (χ1v) is 6.08. The lowest BCUT2D eigenvalue weighted by atomic mass is 10.2. The molecule has 1 unspecified atom stereocenters. The second kappa shape index (κ2) is 5.98. The third kappa shape index (κ3) is 3.98. The third-order valence-electron chi connectivity index (χ3n) is 2.94. The van der Waals surface area contributed by atoms with E-state index in [0.29, 0.717) is 12.6 Å². The summed E-state index contributed by atoms with van der Waals surface area (Å²) >= 11 is 0. The largest absolute Gasteiger partial charge is 0.492 e. The molecular formula is C13H19FN2O. The van der Waals surface area contributed by atoms with E-state index in [1.54, 1.807) is 12.1 Å². The van der Waals surface area contributed by atoms with Crippen LogP contribution in [0.5, 0.6) is 5.75 Å². The molecule has 1 N–H and O–H groups in total. The minimum Gasteiger partial charge on any atom is -0.492 e. The average Bonchev–Trinajstić information content (AvgIpc) is 2.32. The first-order chi connectivity index (χ1) is 8.24. The van der Waals surface area contributed by atoms with Crippen LogP contribution < -0.4 is 10.1 Å². The predicted octanol–water partition coefficient (Wildman–Crippen LogP) is 1.50. The fourth-order valence-corrected chi connectivity index (χ4v) is 2.04. The molecule has 3 nitrogen and oxygen atoms in total. The van der Waals surface area contributed by atoms with Gasteiger partial charge in [-0.2, -0.15) is 0 Å². The quantitative estimate of drug-likeness (QED) is 0.860. The van der Waals surface area contributed by atoms with E-state index < -0.39 is 0 Å². The van der Waals surface area contributed by atoms with Gasteiger partial charge < -0.3 is 10.1 Å². The molecule has 0 amide bonds. The molecule has 4 heteroatoms. The highest BCUT2D eigenvalue weighted by Crippen LogP contribution is 2.11. The molecule has 17 heavy (non-hydrogen) atoms. The molecule has 1 aromatic carbocycles. The van der Waals surface area contributed by atoms with Crippen LogP contribution in [0.4, 0.5) is 4.39 Å². The average molecular weight is 238 g/mol. The van der Waals surface area contributed by atoms with Crippen LogP contribution in [0.15, 0.2) is 24.3 Å². The molecule has 0 aliphatic carbocycles. The van der Waals surface area contributed by atoms with Crippen molar-refractivity contribution in [2.75, 3.05) is 32.8 Å². The zero-order valence-corrected chi connectivity index (χ0v) is 10.2. The van der Waals surface area contributed by atoms with E-state index in [1.807, 2.05) is 0 Å². The molecule has 0 saturated carbocycles. The summed E-state index contributed by atoms with van der Waals surface area (Å²) in [6.45, 7) is 6.93. The van der Waals surface area contributed by atoms with Crippen molar-refractivity contribution in [2.24, 2.45) is 0 Å². The van der Waals surface area contributed by atoms with Gasteiger partial charge in [-0.05, 0) is 31.2 Å². The second-order valence-corrected chi connectivity index (χ2v) is 4.46. The van der Waals surface area contributed by atoms with E-state index in [0.717, 1.165) is 31.9 Å². The highest BCUT2D eigenvalue weighted by Gasteiger charge is 2.14. The Bertz CT molecular complexity index is 342. The number of benzene rings is 1. The molecule has 1 heterocycles. The minimum absolute atomic E-state index is 0.228. The lowest BCUT2D eigenvalue weighted by molar-refractivity contribution is 0.170. The Balaban J connectivity index is 1.70. The van der Waals surface area contributed by atoms with Crippen molar-refractivity contribution in [3.05, 3.63) is 30.1 Å². The zero-order chi connectivity index (χ0) is 12.1. The van der Waals surface area contributed by atoms with Gasteiger partial charge in [-0.1, -0.05) is 0 Å². The van der Waals surface area contributed by atoms with Gasteiger partial charge in [0, 0.05) is 32.2 Å². The Morgan fingerprint density at radius 1 is 1.41 bits per heavy atom. The Morgan fingerprint density at radius 3 is 2.88 bits per heavy atom. The highest BCUT2D eigenvalue weighted by atomic mass is 19.1. The van der Waals surface area contributed by atoms with Gasteiger partial charge in [-0.25, -0.2) is 4.39 Å². The van der Waals surface area contributed by atoms with Gasteiger partial charge in [0.15, 0.2) is 0 Å². The van der Waals surface area contributed by atoms with E-state index in [-0.39, 0.29) is 5.82 Å². The van der Waals surface area contributed by atoms with Crippen molar-refractivity contribution < 1.29 is 9.13 Å². The van der Waals surface area contributed by atoms with Crippen LogP contribution in [0, 0.1) is 5.82 Å². The number of hydrogen-bond acceptors (Lipinski definition) is 3. The maximum atomic E-state index is 12.7. The van der Waals surface area contributed by atoms with Crippen LogP contribution in [0.3, 0.4) is 0 Å². The van der Waals surface area contributed by atoms with Crippen LogP contribution >= 0.6 is 0 Å². The SMILES string of the molecule is CC1CN(CCOc2ccc(F)cc2)CCN1. The van der Waals surface area contributed by atoms with Crippen molar-refractivity contribution in [3.63, 3.8) is 0 Å². The van der Waals surface area contributed by atoms with Crippen LogP contribution in [0.1, 0.15) is 6.92 Å². The topological polar surface area (TPSA) is 24.5 Å². The lowest BCUT2D eigenvalue weighted by Gasteiger charge is -2.31. The first kappa shape index (κ1) is 12.3. The van der Waals surface area contributed by atoms with Crippen LogP contribution in [-0.4, -0.2) is 43.7 Å². The van der Waals surface area contributed by atoms with Gasteiger partial charge in [-0.3, -0.25) is 4.90 Å². The van der Waals surface area contributed by atoms with Crippen LogP contribution in [0.25, 0.3) is 0 Å². The molecule has 0 bridgehead atoms. The molecule has 2 rings (SSSR count). The summed E-state index contributed by atoms with van der Waals surface area (Å²) in [5.41, 5.74) is 0. The Labute approximate surface area is 102 Å². The molecule has 1 aliphatic heterocycles. The monoisotopic (exact) mass is 238 g/mol. The second-order valence-electron chi connectivity index (χ2n) is 4.46. The molecule has 1 atom stereocenters. The molecule has 0 radical (unpaired) electrons. The molecule has 1 aromatic rings. The van der Waals surface area contributed by atoms with Crippen LogP contribution in [0.2, 0.25) is 0 Å². The fourth-order valence-electron chi connectivity index (χ4n) is 2.04. The summed E-state index contributed by atoms with van der Waals surface area (Å²) in [6.07, 6.45) is 0. The number of piperazine rings is 1. The number of rotatable bonds is 4. The van der Waals surface area contributed by atoms with E-state index in [1.165, 1.54) is 12.1 Å². The Kier molecular flexibility index (Phi) is 4.34. The summed E-state index contributed by atoms with van der Waals surface area (Å²) in [7, 11) is 0. The number of hydrogen-bond donors (Lipinski definition) is 1. The van der Waals surface area contributed by atoms with Crippen molar-refractivity contribution in [3.8, 4) is 5.75 Å². The van der Waals surface area contributed by atoms with E-state index >= 15 is 0 Å². The van der Waals surface area contributed by atoms with Crippen molar-refractivity contribution in [2.45, 2.75) is 13.0 Å². The molecule has 1 fully saturated rings. The molecular weight excluding hydrogens is 219 g/mol. The van der Waals surface area contributed by atoms with Crippen molar-refractivity contribution in [1.29, 1.82) is 0 Å². The van der Waals surface area contributed by atoms with Crippen molar-refractivity contribution >= 4 is 0 Å². The van der Waals surface area contributed by atoms with Gasteiger partial charge in [-0.15, -0.1) is 0 Å². The van der Waals surface area contributed by atoms with Crippen molar-refractivity contribution in [1.82, 2.24) is 10.2 Å². The van der Waals surface area contributed by atoms with E-state index in [4.69, 9.17) is 4.74 Å². The summed E-state index contributed by atoms with van der Waals surface area (Å²) in [4.78, 5) is 2.38. The minimum atomic E-state index is -0.228. The maximum Gasteiger partial charge on any atom is 0.123 e. The predicted molar refractivity (Wildman–Crippen MR) is 65.8 cm³/mol. The van der Waals surface area contributed by atoms with Gasteiger partial charge in [0.1, 0.15) is 18.2 Å². The maximum absolute atomic E-state index is 12.7. The number of nitrogens with one attached hydrogen (secondary N) is 1. The van der Waals surface area contributed by atoms with Gasteiger partial charge >= 0.3 is 0 Å². The zero-order valence-electron chi connectivity index (χ0n) is 10.2.